The average molecular weight is 495 g/mol. The Morgan fingerprint density at radius 2 is 1.83 bits per heavy atom. The molecule has 0 bridgehead atoms. The molecule has 2 aliphatic rings. The number of rotatable bonds is 6. The molecule has 0 saturated carbocycles. The van der Waals surface area contributed by atoms with Gasteiger partial charge in [0.2, 0.25) is 0 Å². The molecule has 2 atom stereocenters. The Balaban J connectivity index is 1.68. The maximum absolute atomic E-state index is 13.5. The SMILES string of the molecule is CCOC(=O)C1=C(CN2C(=O)NC(C)(c3ccc(C(C)(C)C)cc3)C2=O)NC(=O)NC1c1ccco1. The highest BCUT2D eigenvalue weighted by atomic mass is 16.5. The summed E-state index contributed by atoms with van der Waals surface area (Å²) in [4.78, 5) is 52.9. The van der Waals surface area contributed by atoms with E-state index in [4.69, 9.17) is 9.15 Å². The van der Waals surface area contributed by atoms with Crippen molar-refractivity contribution in [2.75, 3.05) is 13.2 Å². The van der Waals surface area contributed by atoms with Crippen LogP contribution in [0.5, 0.6) is 0 Å². The second-order valence-corrected chi connectivity index (χ2v) is 9.93. The highest BCUT2D eigenvalue weighted by Gasteiger charge is 2.50. The fraction of sp³-hybridized carbons (Fsp3) is 0.385. The van der Waals surface area contributed by atoms with Crippen LogP contribution in [0.4, 0.5) is 9.59 Å². The molecule has 1 saturated heterocycles. The minimum absolute atomic E-state index is 0.0510. The number of ether oxygens (including phenoxy) is 1. The minimum atomic E-state index is -1.31. The zero-order valence-electron chi connectivity index (χ0n) is 20.9. The highest BCUT2D eigenvalue weighted by molar-refractivity contribution is 6.07. The summed E-state index contributed by atoms with van der Waals surface area (Å²) < 4.78 is 10.6. The summed E-state index contributed by atoms with van der Waals surface area (Å²) >= 11 is 0. The molecule has 3 heterocycles. The number of carbonyl (C=O) groups excluding carboxylic acids is 4. The molecule has 1 aromatic heterocycles. The normalized spacial score (nSPS) is 22.3. The third-order valence-corrected chi connectivity index (χ3v) is 6.40. The molecule has 0 aliphatic carbocycles. The number of carbonyl (C=O) groups is 4. The van der Waals surface area contributed by atoms with E-state index >= 15 is 0 Å². The molecule has 3 N–H and O–H groups in total. The molecule has 36 heavy (non-hydrogen) atoms. The fourth-order valence-corrected chi connectivity index (χ4v) is 4.36. The Kier molecular flexibility index (Phi) is 6.38. The van der Waals surface area contributed by atoms with Crippen LogP contribution in [-0.4, -0.2) is 42.0 Å². The van der Waals surface area contributed by atoms with Crippen LogP contribution in [0, 0.1) is 0 Å². The molecule has 0 spiro atoms. The zero-order valence-corrected chi connectivity index (χ0v) is 20.9. The van der Waals surface area contributed by atoms with Crippen LogP contribution in [0.15, 0.2) is 58.3 Å². The van der Waals surface area contributed by atoms with E-state index in [0.717, 1.165) is 10.5 Å². The molecule has 2 aliphatic heterocycles. The van der Waals surface area contributed by atoms with Gasteiger partial charge in [-0.05, 0) is 42.5 Å². The first-order chi connectivity index (χ1) is 17.0. The molecule has 10 nitrogen and oxygen atoms in total. The number of furan rings is 1. The quantitative estimate of drug-likeness (QED) is 0.418. The minimum Gasteiger partial charge on any atom is -0.467 e. The third-order valence-electron chi connectivity index (χ3n) is 6.40. The number of imide groups is 1. The Bertz CT molecular complexity index is 1230. The van der Waals surface area contributed by atoms with Crippen LogP contribution in [0.2, 0.25) is 0 Å². The van der Waals surface area contributed by atoms with Gasteiger partial charge < -0.3 is 25.1 Å². The van der Waals surface area contributed by atoms with Gasteiger partial charge in [-0.1, -0.05) is 45.0 Å². The van der Waals surface area contributed by atoms with Gasteiger partial charge >= 0.3 is 18.0 Å². The van der Waals surface area contributed by atoms with Crippen molar-refractivity contribution in [2.24, 2.45) is 0 Å². The number of nitrogens with zero attached hydrogens (tertiary/aromatic N) is 1. The van der Waals surface area contributed by atoms with Gasteiger partial charge in [0.15, 0.2) is 0 Å². The lowest BCUT2D eigenvalue weighted by molar-refractivity contribution is -0.139. The maximum atomic E-state index is 13.5. The van der Waals surface area contributed by atoms with Crippen LogP contribution in [-0.2, 0) is 25.3 Å². The highest BCUT2D eigenvalue weighted by Crippen LogP contribution is 2.33. The topological polar surface area (TPSA) is 130 Å². The van der Waals surface area contributed by atoms with Crippen LogP contribution in [0.25, 0.3) is 0 Å². The number of hydrogen-bond acceptors (Lipinski definition) is 6. The smallest absolute Gasteiger partial charge is 0.338 e. The lowest BCUT2D eigenvalue weighted by atomic mass is 9.84. The summed E-state index contributed by atoms with van der Waals surface area (Å²) in [5.74, 6) is -0.894. The number of amides is 5. The molecule has 0 radical (unpaired) electrons. The van der Waals surface area contributed by atoms with Crippen molar-refractivity contribution >= 4 is 23.9 Å². The standard InChI is InChI=1S/C26H30N4O6/c1-6-35-21(31)19-17(27-23(33)28-20(19)18-8-7-13-36-18)14-30-22(32)26(5,29-24(30)34)16-11-9-15(10-12-16)25(2,3)4/h7-13,20H,6,14H2,1-5H3,(H,29,34)(H2,27,28,33). The van der Waals surface area contributed by atoms with Crippen molar-refractivity contribution in [3.63, 3.8) is 0 Å². The van der Waals surface area contributed by atoms with E-state index in [0.29, 0.717) is 11.3 Å². The fourth-order valence-electron chi connectivity index (χ4n) is 4.36. The van der Waals surface area contributed by atoms with Crippen molar-refractivity contribution < 1.29 is 28.3 Å². The van der Waals surface area contributed by atoms with Gasteiger partial charge in [-0.25, -0.2) is 14.4 Å². The first-order valence-electron chi connectivity index (χ1n) is 11.7. The molecule has 10 heteroatoms. The van der Waals surface area contributed by atoms with Crippen molar-refractivity contribution in [3.8, 4) is 0 Å². The van der Waals surface area contributed by atoms with Crippen molar-refractivity contribution in [2.45, 2.75) is 51.6 Å². The van der Waals surface area contributed by atoms with E-state index in [2.05, 4.69) is 36.7 Å². The Morgan fingerprint density at radius 1 is 1.14 bits per heavy atom. The van der Waals surface area contributed by atoms with E-state index in [9.17, 15) is 19.2 Å². The van der Waals surface area contributed by atoms with Gasteiger partial charge in [0, 0.05) is 0 Å². The van der Waals surface area contributed by atoms with E-state index in [1.807, 2.05) is 24.3 Å². The second-order valence-electron chi connectivity index (χ2n) is 9.93. The van der Waals surface area contributed by atoms with E-state index in [1.165, 1.54) is 6.26 Å². The predicted molar refractivity (Wildman–Crippen MR) is 130 cm³/mol. The van der Waals surface area contributed by atoms with Gasteiger partial charge in [-0.15, -0.1) is 0 Å². The Labute approximate surface area is 209 Å². The summed E-state index contributed by atoms with van der Waals surface area (Å²) in [5.41, 5.74) is 0.467. The summed E-state index contributed by atoms with van der Waals surface area (Å²) in [6.07, 6.45) is 1.42. The molecule has 2 aromatic rings. The predicted octanol–water partition coefficient (Wildman–Crippen LogP) is 3.22. The number of esters is 1. The zero-order chi connectivity index (χ0) is 26.3. The van der Waals surface area contributed by atoms with Gasteiger partial charge in [0.05, 0.1) is 30.7 Å². The van der Waals surface area contributed by atoms with Gasteiger partial charge in [-0.3, -0.25) is 9.69 Å². The first-order valence-corrected chi connectivity index (χ1v) is 11.7. The lowest BCUT2D eigenvalue weighted by Gasteiger charge is -2.29. The van der Waals surface area contributed by atoms with Crippen LogP contribution in [0.1, 0.15) is 57.5 Å². The first kappa shape index (κ1) is 25.0. The molecular formula is C26H30N4O6. The monoisotopic (exact) mass is 494 g/mol. The Morgan fingerprint density at radius 3 is 2.42 bits per heavy atom. The molecule has 2 unspecified atom stereocenters. The second kappa shape index (κ2) is 9.18. The largest absolute Gasteiger partial charge is 0.467 e. The number of hydrogen-bond donors (Lipinski definition) is 3. The molecule has 5 amide bonds. The number of nitrogens with one attached hydrogen (secondary N) is 3. The van der Waals surface area contributed by atoms with E-state index in [-0.39, 0.29) is 29.8 Å². The summed E-state index contributed by atoms with van der Waals surface area (Å²) in [7, 11) is 0. The molecule has 1 aromatic carbocycles. The van der Waals surface area contributed by atoms with E-state index in [1.54, 1.807) is 26.0 Å². The van der Waals surface area contributed by atoms with E-state index < -0.39 is 35.5 Å². The van der Waals surface area contributed by atoms with Gasteiger partial charge in [0.25, 0.3) is 5.91 Å². The van der Waals surface area contributed by atoms with Crippen molar-refractivity contribution in [1.29, 1.82) is 0 Å². The Hall–Kier alpha value is -4.08. The summed E-state index contributed by atoms with van der Waals surface area (Å²) in [5, 5.41) is 7.97. The summed E-state index contributed by atoms with van der Waals surface area (Å²) in [6.45, 7) is 9.32. The molecular weight excluding hydrogens is 464 g/mol. The molecule has 190 valence electrons. The average Bonchev–Trinajstić information content (AvgIpc) is 3.42. The van der Waals surface area contributed by atoms with Crippen molar-refractivity contribution in [1.82, 2.24) is 20.9 Å². The molecule has 1 fully saturated rings. The molecule has 4 rings (SSSR count). The summed E-state index contributed by atoms with van der Waals surface area (Å²) in [6, 6.07) is 8.57. The number of urea groups is 2. The van der Waals surface area contributed by atoms with Gasteiger partial charge in [0.1, 0.15) is 17.3 Å². The van der Waals surface area contributed by atoms with Crippen molar-refractivity contribution in [3.05, 3.63) is 70.8 Å². The number of benzene rings is 1. The van der Waals surface area contributed by atoms with Crippen LogP contribution < -0.4 is 16.0 Å². The maximum Gasteiger partial charge on any atom is 0.338 e. The van der Waals surface area contributed by atoms with Crippen LogP contribution >= 0.6 is 0 Å². The van der Waals surface area contributed by atoms with Gasteiger partial charge in [-0.2, -0.15) is 0 Å². The van der Waals surface area contributed by atoms with Crippen LogP contribution in [0.3, 0.4) is 0 Å². The third kappa shape index (κ3) is 4.46. The lowest BCUT2D eigenvalue weighted by Crippen LogP contribution is -2.49.